The largest absolute Gasteiger partial charge is 0.423 e. The van der Waals surface area contributed by atoms with E-state index in [9.17, 15) is 14.0 Å². The van der Waals surface area contributed by atoms with Gasteiger partial charge in [0.25, 0.3) is 0 Å². The van der Waals surface area contributed by atoms with E-state index < -0.39 is 11.4 Å². The Hall–Kier alpha value is -2.67. The number of halogens is 2. The Balaban J connectivity index is 1.66. The lowest BCUT2D eigenvalue weighted by molar-refractivity contribution is -0.121. The van der Waals surface area contributed by atoms with Gasteiger partial charge >= 0.3 is 5.63 Å². The zero-order chi connectivity index (χ0) is 17.1. The van der Waals surface area contributed by atoms with Gasteiger partial charge in [0.15, 0.2) is 5.15 Å². The average Bonchev–Trinajstić information content (AvgIpc) is 2.95. The van der Waals surface area contributed by atoms with Crippen LogP contribution in [0.2, 0.25) is 5.15 Å². The number of aryl methyl sites for hydroxylation is 1. The standard InChI is InChI=1S/C16H12ClFN2O4/c17-14-7-11(24-20-14)2-4-15(21)19-8-9-5-16(22)23-13-6-10(18)1-3-12(9)13/h1,3,5-7H,2,4,8H2,(H,19,21). The highest BCUT2D eigenvalue weighted by molar-refractivity contribution is 6.29. The first kappa shape index (κ1) is 16.2. The van der Waals surface area contributed by atoms with Gasteiger partial charge in [0, 0.05) is 43.0 Å². The number of hydrogen-bond acceptors (Lipinski definition) is 5. The summed E-state index contributed by atoms with van der Waals surface area (Å²) in [4.78, 5) is 23.4. The number of hydrogen-bond donors (Lipinski definition) is 1. The first-order valence-electron chi connectivity index (χ1n) is 7.11. The second-order valence-electron chi connectivity index (χ2n) is 5.12. The Morgan fingerprint density at radius 3 is 2.88 bits per heavy atom. The van der Waals surface area contributed by atoms with E-state index in [1.807, 2.05) is 0 Å². The zero-order valence-electron chi connectivity index (χ0n) is 12.3. The summed E-state index contributed by atoms with van der Waals surface area (Å²) < 4.78 is 23.1. The van der Waals surface area contributed by atoms with E-state index in [2.05, 4.69) is 10.5 Å². The summed E-state index contributed by atoms with van der Waals surface area (Å²) >= 11 is 5.63. The molecule has 6 nitrogen and oxygen atoms in total. The zero-order valence-corrected chi connectivity index (χ0v) is 13.1. The Labute approximate surface area is 140 Å². The summed E-state index contributed by atoms with van der Waals surface area (Å²) in [5.74, 6) is -0.222. The third-order valence-corrected chi connectivity index (χ3v) is 3.58. The Bertz CT molecular complexity index is 951. The molecule has 0 atom stereocenters. The lowest BCUT2D eigenvalue weighted by Crippen LogP contribution is -2.23. The number of nitrogens with one attached hydrogen (secondary N) is 1. The molecular formula is C16H12ClFN2O4. The number of rotatable bonds is 5. The minimum absolute atomic E-state index is 0.129. The van der Waals surface area contributed by atoms with E-state index in [4.69, 9.17) is 20.5 Å². The molecule has 1 amide bonds. The van der Waals surface area contributed by atoms with E-state index in [1.54, 1.807) is 6.07 Å². The molecule has 24 heavy (non-hydrogen) atoms. The molecule has 2 heterocycles. The Kier molecular flexibility index (Phi) is 4.61. The van der Waals surface area contributed by atoms with Crippen molar-refractivity contribution in [1.29, 1.82) is 0 Å². The van der Waals surface area contributed by atoms with Gasteiger partial charge in [0.05, 0.1) is 0 Å². The van der Waals surface area contributed by atoms with Crippen LogP contribution in [0.3, 0.4) is 0 Å². The third-order valence-electron chi connectivity index (χ3n) is 3.40. The van der Waals surface area contributed by atoms with Crippen LogP contribution in [0.5, 0.6) is 0 Å². The van der Waals surface area contributed by atoms with Crippen LogP contribution in [-0.2, 0) is 17.8 Å². The minimum Gasteiger partial charge on any atom is -0.423 e. The molecule has 2 aromatic heterocycles. The monoisotopic (exact) mass is 350 g/mol. The third kappa shape index (κ3) is 3.80. The number of fused-ring (bicyclic) bond motifs is 1. The summed E-state index contributed by atoms with van der Waals surface area (Å²) in [5.41, 5.74) is 0.0917. The van der Waals surface area contributed by atoms with Gasteiger partial charge in [-0.2, -0.15) is 0 Å². The number of carbonyl (C=O) groups is 1. The smallest absolute Gasteiger partial charge is 0.336 e. The fourth-order valence-electron chi connectivity index (χ4n) is 2.27. The molecule has 0 radical (unpaired) electrons. The highest BCUT2D eigenvalue weighted by atomic mass is 35.5. The quantitative estimate of drug-likeness (QED) is 0.715. The molecule has 3 aromatic rings. The molecule has 1 N–H and O–H groups in total. The number of aromatic nitrogens is 1. The highest BCUT2D eigenvalue weighted by Crippen LogP contribution is 2.18. The highest BCUT2D eigenvalue weighted by Gasteiger charge is 2.10. The molecule has 124 valence electrons. The summed E-state index contributed by atoms with van der Waals surface area (Å²) in [6.07, 6.45) is 0.536. The number of amides is 1. The van der Waals surface area contributed by atoms with Crippen molar-refractivity contribution in [2.24, 2.45) is 0 Å². The van der Waals surface area contributed by atoms with Crippen LogP contribution in [-0.4, -0.2) is 11.1 Å². The Morgan fingerprint density at radius 2 is 2.12 bits per heavy atom. The van der Waals surface area contributed by atoms with Crippen LogP contribution in [0.25, 0.3) is 11.0 Å². The van der Waals surface area contributed by atoms with Crippen molar-refractivity contribution in [3.8, 4) is 0 Å². The van der Waals surface area contributed by atoms with Crippen molar-refractivity contribution in [2.75, 3.05) is 0 Å². The van der Waals surface area contributed by atoms with E-state index in [0.717, 1.165) is 6.07 Å². The first-order chi connectivity index (χ1) is 11.5. The normalized spacial score (nSPS) is 10.9. The summed E-state index contributed by atoms with van der Waals surface area (Å²) in [6.45, 7) is 0.129. The van der Waals surface area contributed by atoms with Crippen LogP contribution in [0, 0.1) is 5.82 Å². The van der Waals surface area contributed by atoms with Crippen LogP contribution in [0.15, 0.2) is 44.1 Å². The van der Waals surface area contributed by atoms with Gasteiger partial charge in [0.2, 0.25) is 5.91 Å². The topological polar surface area (TPSA) is 85.3 Å². The summed E-state index contributed by atoms with van der Waals surface area (Å²) in [7, 11) is 0. The van der Waals surface area contributed by atoms with Gasteiger partial charge in [-0.05, 0) is 17.7 Å². The number of nitrogens with zero attached hydrogens (tertiary/aromatic N) is 1. The fraction of sp³-hybridized carbons (Fsp3) is 0.188. The molecule has 3 rings (SSSR count). The van der Waals surface area contributed by atoms with Crippen molar-refractivity contribution in [1.82, 2.24) is 10.5 Å². The van der Waals surface area contributed by atoms with Crippen molar-refractivity contribution in [2.45, 2.75) is 19.4 Å². The predicted molar refractivity (Wildman–Crippen MR) is 84.1 cm³/mol. The molecular weight excluding hydrogens is 339 g/mol. The molecule has 0 bridgehead atoms. The van der Waals surface area contributed by atoms with Crippen LogP contribution in [0.4, 0.5) is 4.39 Å². The maximum atomic E-state index is 13.2. The van der Waals surface area contributed by atoms with Gasteiger partial charge in [-0.25, -0.2) is 9.18 Å². The molecule has 8 heteroatoms. The molecule has 0 aliphatic heterocycles. The molecule has 0 fully saturated rings. The van der Waals surface area contributed by atoms with Crippen LogP contribution < -0.4 is 10.9 Å². The predicted octanol–water partition coefficient (Wildman–Crippen LogP) is 2.82. The van der Waals surface area contributed by atoms with Crippen molar-refractivity contribution < 1.29 is 18.1 Å². The first-order valence-corrected chi connectivity index (χ1v) is 7.49. The molecule has 1 aromatic carbocycles. The second-order valence-corrected chi connectivity index (χ2v) is 5.51. The van der Waals surface area contributed by atoms with E-state index >= 15 is 0 Å². The van der Waals surface area contributed by atoms with E-state index in [-0.39, 0.29) is 29.6 Å². The fourth-order valence-corrected chi connectivity index (χ4v) is 2.43. The lowest BCUT2D eigenvalue weighted by Gasteiger charge is -2.07. The van der Waals surface area contributed by atoms with Gasteiger partial charge in [-0.1, -0.05) is 16.8 Å². The van der Waals surface area contributed by atoms with E-state index in [1.165, 1.54) is 18.2 Å². The van der Waals surface area contributed by atoms with Crippen molar-refractivity contribution in [3.05, 3.63) is 63.0 Å². The van der Waals surface area contributed by atoms with E-state index in [0.29, 0.717) is 23.1 Å². The van der Waals surface area contributed by atoms with Gasteiger partial charge < -0.3 is 14.3 Å². The average molecular weight is 351 g/mol. The second kappa shape index (κ2) is 6.84. The molecule has 0 aliphatic rings. The SMILES string of the molecule is O=C(CCc1cc(Cl)no1)NCc1cc(=O)oc2cc(F)ccc12. The summed E-state index contributed by atoms with van der Waals surface area (Å²) in [5, 5.41) is 7.03. The van der Waals surface area contributed by atoms with Crippen LogP contribution in [0.1, 0.15) is 17.7 Å². The number of benzene rings is 1. The molecule has 0 unspecified atom stereocenters. The summed E-state index contributed by atoms with van der Waals surface area (Å²) in [6, 6.07) is 6.72. The minimum atomic E-state index is -0.603. The van der Waals surface area contributed by atoms with Crippen molar-refractivity contribution >= 4 is 28.5 Å². The Morgan fingerprint density at radius 1 is 1.29 bits per heavy atom. The molecule has 0 spiro atoms. The number of carbonyl (C=O) groups excluding carboxylic acids is 1. The van der Waals surface area contributed by atoms with Gasteiger partial charge in [0.1, 0.15) is 17.2 Å². The maximum absolute atomic E-state index is 13.2. The van der Waals surface area contributed by atoms with Crippen LogP contribution >= 0.6 is 11.6 Å². The molecule has 0 saturated heterocycles. The van der Waals surface area contributed by atoms with Gasteiger partial charge in [-0.15, -0.1) is 0 Å². The molecule has 0 saturated carbocycles. The lowest BCUT2D eigenvalue weighted by atomic mass is 10.1. The van der Waals surface area contributed by atoms with Gasteiger partial charge in [-0.3, -0.25) is 4.79 Å². The molecule has 0 aliphatic carbocycles. The maximum Gasteiger partial charge on any atom is 0.336 e. The van der Waals surface area contributed by atoms with Crippen molar-refractivity contribution in [3.63, 3.8) is 0 Å².